The van der Waals surface area contributed by atoms with Gasteiger partial charge in [0.15, 0.2) is 6.10 Å². The van der Waals surface area contributed by atoms with E-state index in [2.05, 4.69) is 29.3 Å². The molecule has 0 aliphatic carbocycles. The monoisotopic (exact) mass is 352 g/mol. The Morgan fingerprint density at radius 3 is 2.31 bits per heavy atom. The minimum atomic E-state index is -0.552. The van der Waals surface area contributed by atoms with Gasteiger partial charge in [0.25, 0.3) is 5.91 Å². The van der Waals surface area contributed by atoms with Gasteiger partial charge >= 0.3 is 0 Å². The Morgan fingerprint density at radius 2 is 1.69 bits per heavy atom. The molecule has 1 aliphatic rings. The molecule has 26 heavy (non-hydrogen) atoms. The molecule has 1 fully saturated rings. The Balaban J connectivity index is 1.54. The molecular weight excluding hydrogens is 324 g/mol. The number of hydrogen-bond donors (Lipinski definition) is 1. The Kier molecular flexibility index (Phi) is 6.16. The predicted molar refractivity (Wildman–Crippen MR) is 107 cm³/mol. The largest absolute Gasteiger partial charge is 0.481 e. The highest BCUT2D eigenvalue weighted by atomic mass is 16.5. The van der Waals surface area contributed by atoms with Crippen LogP contribution in [0.3, 0.4) is 0 Å². The number of carbonyl (C=O) groups excluding carboxylic acids is 1. The third-order valence-corrected chi connectivity index (χ3v) is 4.87. The van der Waals surface area contributed by atoms with Crippen LogP contribution in [-0.4, -0.2) is 25.1 Å². The average Bonchev–Trinajstić information content (AvgIpc) is 2.70. The van der Waals surface area contributed by atoms with Gasteiger partial charge in [0.05, 0.1) is 0 Å². The molecule has 2 aromatic carbocycles. The molecule has 0 saturated carbocycles. The molecule has 0 bridgehead atoms. The maximum Gasteiger partial charge on any atom is 0.265 e. The van der Waals surface area contributed by atoms with Crippen LogP contribution in [0.25, 0.3) is 0 Å². The third kappa shape index (κ3) is 4.78. The Bertz CT molecular complexity index is 704. The molecule has 138 valence electrons. The molecule has 0 radical (unpaired) electrons. The lowest BCUT2D eigenvalue weighted by Gasteiger charge is -2.28. The summed E-state index contributed by atoms with van der Waals surface area (Å²) in [5.74, 6) is 0.570. The summed E-state index contributed by atoms with van der Waals surface area (Å²) in [4.78, 5) is 14.8. The fraction of sp³-hybridized carbons (Fsp3) is 0.409. The highest BCUT2D eigenvalue weighted by Gasteiger charge is 2.15. The summed E-state index contributed by atoms with van der Waals surface area (Å²) in [5.41, 5.74) is 3.28. The second kappa shape index (κ2) is 8.75. The second-order valence-electron chi connectivity index (χ2n) is 6.84. The highest BCUT2D eigenvalue weighted by molar-refractivity contribution is 5.94. The average molecular weight is 352 g/mol. The normalized spacial score (nSPS) is 15.4. The van der Waals surface area contributed by atoms with E-state index in [-0.39, 0.29) is 5.91 Å². The number of hydrogen-bond acceptors (Lipinski definition) is 3. The second-order valence-corrected chi connectivity index (χ2v) is 6.84. The number of carbonyl (C=O) groups is 1. The van der Waals surface area contributed by atoms with Crippen molar-refractivity contribution in [2.24, 2.45) is 0 Å². The number of nitrogens with zero attached hydrogens (tertiary/aromatic N) is 1. The quantitative estimate of drug-likeness (QED) is 0.823. The van der Waals surface area contributed by atoms with Crippen molar-refractivity contribution in [1.82, 2.24) is 0 Å². The van der Waals surface area contributed by atoms with Gasteiger partial charge in [0.2, 0.25) is 0 Å². The van der Waals surface area contributed by atoms with Gasteiger partial charge in [-0.2, -0.15) is 0 Å². The molecule has 0 spiro atoms. The number of benzene rings is 2. The Morgan fingerprint density at radius 1 is 1.04 bits per heavy atom. The molecule has 1 atom stereocenters. The zero-order valence-electron chi connectivity index (χ0n) is 15.7. The van der Waals surface area contributed by atoms with Crippen LogP contribution in [0.1, 0.15) is 38.7 Å². The molecule has 1 aliphatic heterocycles. The summed E-state index contributed by atoms with van der Waals surface area (Å²) >= 11 is 0. The van der Waals surface area contributed by atoms with Gasteiger partial charge in [-0.1, -0.05) is 19.1 Å². The van der Waals surface area contributed by atoms with Crippen molar-refractivity contribution in [2.45, 2.75) is 45.6 Å². The van der Waals surface area contributed by atoms with Crippen molar-refractivity contribution < 1.29 is 9.53 Å². The summed E-state index contributed by atoms with van der Waals surface area (Å²) in [5, 5.41) is 2.93. The van der Waals surface area contributed by atoms with E-state index < -0.39 is 6.10 Å². The predicted octanol–water partition coefficient (Wildman–Crippen LogP) is 4.65. The standard InChI is InChI=1S/C22H28N2O2/c1-3-18-7-13-21(14-8-18)26-17(2)22(25)23-19-9-11-20(12-10-19)24-15-5-4-6-16-24/h7-14,17H,3-6,15-16H2,1-2H3,(H,23,25). The van der Waals surface area contributed by atoms with E-state index >= 15 is 0 Å². The summed E-state index contributed by atoms with van der Waals surface area (Å²) in [7, 11) is 0. The van der Waals surface area contributed by atoms with Gasteiger partial charge in [-0.3, -0.25) is 4.79 Å². The lowest BCUT2D eigenvalue weighted by Crippen LogP contribution is -2.30. The number of nitrogens with one attached hydrogen (secondary N) is 1. The summed E-state index contributed by atoms with van der Waals surface area (Å²) in [6.45, 7) is 6.12. The maximum atomic E-state index is 12.4. The van der Waals surface area contributed by atoms with Crippen LogP contribution in [-0.2, 0) is 11.2 Å². The number of aryl methyl sites for hydroxylation is 1. The topological polar surface area (TPSA) is 41.6 Å². The summed E-state index contributed by atoms with van der Waals surface area (Å²) in [6, 6.07) is 16.0. The number of anilines is 2. The van der Waals surface area contributed by atoms with E-state index in [9.17, 15) is 4.79 Å². The van der Waals surface area contributed by atoms with E-state index in [0.717, 1.165) is 25.2 Å². The van der Waals surface area contributed by atoms with Gasteiger partial charge in [-0.05, 0) is 74.6 Å². The van der Waals surface area contributed by atoms with Gasteiger partial charge < -0.3 is 15.0 Å². The summed E-state index contributed by atoms with van der Waals surface area (Å²) < 4.78 is 5.75. The molecule has 2 aromatic rings. The van der Waals surface area contributed by atoms with Crippen molar-refractivity contribution in [2.75, 3.05) is 23.3 Å². The smallest absolute Gasteiger partial charge is 0.265 e. The van der Waals surface area contributed by atoms with Gasteiger partial charge in [-0.15, -0.1) is 0 Å². The van der Waals surface area contributed by atoms with E-state index in [1.54, 1.807) is 6.92 Å². The van der Waals surface area contributed by atoms with Crippen LogP contribution in [0.5, 0.6) is 5.75 Å². The molecule has 1 saturated heterocycles. The first-order chi connectivity index (χ1) is 12.7. The van der Waals surface area contributed by atoms with E-state index in [4.69, 9.17) is 4.74 Å². The van der Waals surface area contributed by atoms with Crippen LogP contribution in [0.2, 0.25) is 0 Å². The Hall–Kier alpha value is -2.49. The molecule has 1 unspecified atom stereocenters. The SMILES string of the molecule is CCc1ccc(OC(C)C(=O)Nc2ccc(N3CCCCC3)cc2)cc1. The summed E-state index contributed by atoms with van der Waals surface area (Å²) in [6.07, 6.45) is 4.27. The molecule has 0 aromatic heterocycles. The van der Waals surface area contributed by atoms with Crippen molar-refractivity contribution in [3.63, 3.8) is 0 Å². The van der Waals surface area contributed by atoms with E-state index in [1.807, 2.05) is 36.4 Å². The van der Waals surface area contributed by atoms with Crippen LogP contribution >= 0.6 is 0 Å². The molecule has 1 heterocycles. The van der Waals surface area contributed by atoms with Crippen molar-refractivity contribution in [1.29, 1.82) is 0 Å². The fourth-order valence-electron chi connectivity index (χ4n) is 3.21. The molecule has 3 rings (SSSR count). The first kappa shape index (κ1) is 18.3. The molecular formula is C22H28N2O2. The first-order valence-electron chi connectivity index (χ1n) is 9.57. The van der Waals surface area contributed by atoms with Gasteiger partial charge in [0.1, 0.15) is 5.75 Å². The molecule has 1 amide bonds. The van der Waals surface area contributed by atoms with Crippen molar-refractivity contribution in [3.05, 3.63) is 54.1 Å². The zero-order valence-corrected chi connectivity index (χ0v) is 15.7. The number of rotatable bonds is 6. The van der Waals surface area contributed by atoms with Crippen LogP contribution < -0.4 is 15.0 Å². The molecule has 4 nitrogen and oxygen atoms in total. The maximum absolute atomic E-state index is 12.4. The zero-order chi connectivity index (χ0) is 18.4. The number of ether oxygens (including phenoxy) is 1. The lowest BCUT2D eigenvalue weighted by atomic mass is 10.1. The fourth-order valence-corrected chi connectivity index (χ4v) is 3.21. The van der Waals surface area contributed by atoms with Crippen LogP contribution in [0, 0.1) is 0 Å². The third-order valence-electron chi connectivity index (χ3n) is 4.87. The lowest BCUT2D eigenvalue weighted by molar-refractivity contribution is -0.122. The number of piperidine rings is 1. The molecule has 1 N–H and O–H groups in total. The van der Waals surface area contributed by atoms with Gasteiger partial charge in [0, 0.05) is 24.5 Å². The molecule has 4 heteroatoms. The van der Waals surface area contributed by atoms with Crippen LogP contribution in [0.4, 0.5) is 11.4 Å². The van der Waals surface area contributed by atoms with E-state index in [1.165, 1.54) is 30.5 Å². The van der Waals surface area contributed by atoms with Crippen molar-refractivity contribution >= 4 is 17.3 Å². The first-order valence-corrected chi connectivity index (χ1v) is 9.57. The van der Waals surface area contributed by atoms with E-state index in [0.29, 0.717) is 5.75 Å². The van der Waals surface area contributed by atoms with Gasteiger partial charge in [-0.25, -0.2) is 0 Å². The minimum Gasteiger partial charge on any atom is -0.481 e. The van der Waals surface area contributed by atoms with Crippen LogP contribution in [0.15, 0.2) is 48.5 Å². The van der Waals surface area contributed by atoms with Crippen molar-refractivity contribution in [3.8, 4) is 5.75 Å². The minimum absolute atomic E-state index is 0.143. The Labute approximate surface area is 156 Å². The number of amides is 1. The highest BCUT2D eigenvalue weighted by Crippen LogP contribution is 2.22.